The van der Waals surface area contributed by atoms with Gasteiger partial charge >= 0.3 is 0 Å². The Hall–Kier alpha value is -1.55. The fourth-order valence-corrected chi connectivity index (χ4v) is 1.34. The number of phenols is 1. The molecule has 0 spiro atoms. The summed E-state index contributed by atoms with van der Waals surface area (Å²) in [5.74, 6) is 0.120. The zero-order valence-corrected chi connectivity index (χ0v) is 11.1. The maximum absolute atomic E-state index is 11.7. The van der Waals surface area contributed by atoms with Gasteiger partial charge in [0.25, 0.3) is 0 Å². The molecule has 0 fully saturated rings. The summed E-state index contributed by atoms with van der Waals surface area (Å²) in [5, 5.41) is 21.8. The van der Waals surface area contributed by atoms with E-state index in [4.69, 9.17) is 5.11 Å². The Labute approximate surface area is 108 Å². The summed E-state index contributed by atoms with van der Waals surface area (Å²) in [6, 6.07) is 6.50. The van der Waals surface area contributed by atoms with Gasteiger partial charge in [-0.05, 0) is 30.5 Å². The molecule has 1 aromatic carbocycles. The van der Waals surface area contributed by atoms with Gasteiger partial charge < -0.3 is 15.5 Å². The highest BCUT2D eigenvalue weighted by Gasteiger charge is 2.25. The minimum absolute atomic E-state index is 0.0754. The highest BCUT2D eigenvalue weighted by Crippen LogP contribution is 2.14. The minimum Gasteiger partial charge on any atom is -0.508 e. The SMILES string of the molecule is CC(C)C(C)(O)CNC(=O)Cc1ccc(O)cc1. The van der Waals surface area contributed by atoms with Crippen molar-refractivity contribution < 1.29 is 15.0 Å². The van der Waals surface area contributed by atoms with Crippen LogP contribution in [0.1, 0.15) is 26.3 Å². The monoisotopic (exact) mass is 251 g/mol. The van der Waals surface area contributed by atoms with E-state index in [9.17, 15) is 9.90 Å². The average Bonchev–Trinajstić information content (AvgIpc) is 2.29. The fraction of sp³-hybridized carbons (Fsp3) is 0.500. The van der Waals surface area contributed by atoms with Crippen molar-refractivity contribution in [1.82, 2.24) is 5.32 Å². The Bertz CT molecular complexity index is 396. The predicted octanol–water partition coefficient (Wildman–Crippen LogP) is 1.46. The third kappa shape index (κ3) is 4.37. The number of carbonyl (C=O) groups excluding carboxylic acids is 1. The van der Waals surface area contributed by atoms with Crippen LogP contribution in [0.3, 0.4) is 0 Å². The first-order chi connectivity index (χ1) is 8.31. The molecule has 0 aliphatic carbocycles. The Balaban J connectivity index is 2.45. The van der Waals surface area contributed by atoms with E-state index < -0.39 is 5.60 Å². The molecule has 0 radical (unpaired) electrons. The molecule has 18 heavy (non-hydrogen) atoms. The molecule has 0 aliphatic rings. The molecular formula is C14H21NO3. The molecule has 0 aliphatic heterocycles. The van der Waals surface area contributed by atoms with E-state index in [0.717, 1.165) is 5.56 Å². The van der Waals surface area contributed by atoms with Crippen LogP contribution < -0.4 is 5.32 Å². The summed E-state index contributed by atoms with van der Waals surface area (Å²) in [6.45, 7) is 5.76. The van der Waals surface area contributed by atoms with E-state index in [1.165, 1.54) is 0 Å². The van der Waals surface area contributed by atoms with Crippen molar-refractivity contribution in [3.8, 4) is 5.75 Å². The lowest BCUT2D eigenvalue weighted by Gasteiger charge is -2.27. The number of aromatic hydroxyl groups is 1. The lowest BCUT2D eigenvalue weighted by Crippen LogP contribution is -2.44. The molecule has 4 nitrogen and oxygen atoms in total. The lowest BCUT2D eigenvalue weighted by atomic mass is 9.92. The maximum Gasteiger partial charge on any atom is 0.224 e. The van der Waals surface area contributed by atoms with E-state index in [1.54, 1.807) is 31.2 Å². The van der Waals surface area contributed by atoms with Crippen molar-refractivity contribution in [2.75, 3.05) is 6.54 Å². The van der Waals surface area contributed by atoms with Crippen LogP contribution in [-0.4, -0.2) is 28.3 Å². The minimum atomic E-state index is -0.898. The van der Waals surface area contributed by atoms with Gasteiger partial charge in [0.05, 0.1) is 12.0 Å². The van der Waals surface area contributed by atoms with E-state index >= 15 is 0 Å². The topological polar surface area (TPSA) is 69.6 Å². The van der Waals surface area contributed by atoms with Gasteiger partial charge in [0.2, 0.25) is 5.91 Å². The van der Waals surface area contributed by atoms with Crippen molar-refractivity contribution >= 4 is 5.91 Å². The van der Waals surface area contributed by atoms with Gasteiger partial charge in [-0.2, -0.15) is 0 Å². The average molecular weight is 251 g/mol. The number of amides is 1. The predicted molar refractivity (Wildman–Crippen MR) is 70.3 cm³/mol. The van der Waals surface area contributed by atoms with Crippen molar-refractivity contribution in [2.24, 2.45) is 5.92 Å². The van der Waals surface area contributed by atoms with Crippen molar-refractivity contribution in [3.63, 3.8) is 0 Å². The third-order valence-electron chi connectivity index (χ3n) is 3.19. The smallest absolute Gasteiger partial charge is 0.224 e. The molecule has 0 saturated carbocycles. The van der Waals surface area contributed by atoms with Gasteiger partial charge in [-0.25, -0.2) is 0 Å². The number of benzene rings is 1. The zero-order chi connectivity index (χ0) is 13.8. The molecule has 1 atom stereocenters. The van der Waals surface area contributed by atoms with Crippen molar-refractivity contribution in [1.29, 1.82) is 0 Å². The second-order valence-corrected chi connectivity index (χ2v) is 5.13. The summed E-state index contributed by atoms with van der Waals surface area (Å²) in [6.07, 6.45) is 0.244. The van der Waals surface area contributed by atoms with Crippen LogP contribution in [0, 0.1) is 5.92 Å². The first-order valence-electron chi connectivity index (χ1n) is 6.08. The molecule has 1 amide bonds. The second-order valence-electron chi connectivity index (χ2n) is 5.13. The van der Waals surface area contributed by atoms with Gasteiger partial charge in [0.15, 0.2) is 0 Å². The quantitative estimate of drug-likeness (QED) is 0.742. The zero-order valence-electron chi connectivity index (χ0n) is 11.1. The molecule has 1 unspecified atom stereocenters. The number of nitrogens with one attached hydrogen (secondary N) is 1. The summed E-state index contributed by atoms with van der Waals surface area (Å²) in [7, 11) is 0. The lowest BCUT2D eigenvalue weighted by molar-refractivity contribution is -0.122. The van der Waals surface area contributed by atoms with Crippen LogP contribution in [0.2, 0.25) is 0 Å². The van der Waals surface area contributed by atoms with Gasteiger partial charge in [0, 0.05) is 6.54 Å². The Morgan fingerprint density at radius 3 is 2.39 bits per heavy atom. The van der Waals surface area contributed by atoms with E-state index in [-0.39, 0.29) is 30.5 Å². The molecule has 4 heteroatoms. The first kappa shape index (κ1) is 14.5. The van der Waals surface area contributed by atoms with E-state index in [2.05, 4.69) is 5.32 Å². The summed E-state index contributed by atoms with van der Waals surface area (Å²) >= 11 is 0. The van der Waals surface area contributed by atoms with Crippen molar-refractivity contribution in [2.45, 2.75) is 32.8 Å². The number of hydrogen-bond acceptors (Lipinski definition) is 3. The number of aliphatic hydroxyl groups is 1. The van der Waals surface area contributed by atoms with Gasteiger partial charge in [-0.1, -0.05) is 26.0 Å². The van der Waals surface area contributed by atoms with E-state index in [0.29, 0.717) is 0 Å². The van der Waals surface area contributed by atoms with Crippen LogP contribution in [-0.2, 0) is 11.2 Å². The van der Waals surface area contributed by atoms with Gasteiger partial charge in [0.1, 0.15) is 5.75 Å². The molecule has 0 aromatic heterocycles. The molecule has 1 rings (SSSR count). The summed E-state index contributed by atoms with van der Waals surface area (Å²) in [5.41, 5.74) is -0.0700. The Morgan fingerprint density at radius 2 is 1.89 bits per heavy atom. The molecule has 0 heterocycles. The van der Waals surface area contributed by atoms with Crippen molar-refractivity contribution in [3.05, 3.63) is 29.8 Å². The molecule has 100 valence electrons. The number of carbonyl (C=O) groups is 1. The second kappa shape index (κ2) is 5.87. The van der Waals surface area contributed by atoms with Gasteiger partial charge in [-0.3, -0.25) is 4.79 Å². The van der Waals surface area contributed by atoms with Crippen LogP contribution in [0.15, 0.2) is 24.3 Å². The number of rotatable bonds is 5. The Kier molecular flexibility index (Phi) is 4.73. The number of hydrogen-bond donors (Lipinski definition) is 3. The highest BCUT2D eigenvalue weighted by molar-refractivity contribution is 5.78. The van der Waals surface area contributed by atoms with Gasteiger partial charge in [-0.15, -0.1) is 0 Å². The van der Waals surface area contributed by atoms with Crippen LogP contribution >= 0.6 is 0 Å². The fourth-order valence-electron chi connectivity index (χ4n) is 1.34. The van der Waals surface area contributed by atoms with Crippen LogP contribution in [0.4, 0.5) is 0 Å². The normalized spacial score (nSPS) is 14.3. The van der Waals surface area contributed by atoms with E-state index in [1.807, 2.05) is 13.8 Å². The number of phenolic OH excluding ortho intramolecular Hbond substituents is 1. The molecule has 0 saturated heterocycles. The van der Waals surface area contributed by atoms with Crippen LogP contribution in [0.25, 0.3) is 0 Å². The standard InChI is InChI=1S/C14H21NO3/c1-10(2)14(3,18)9-15-13(17)8-11-4-6-12(16)7-5-11/h4-7,10,16,18H,8-9H2,1-3H3,(H,15,17). The first-order valence-corrected chi connectivity index (χ1v) is 6.08. The maximum atomic E-state index is 11.7. The summed E-state index contributed by atoms with van der Waals surface area (Å²) in [4.78, 5) is 11.7. The molecular weight excluding hydrogens is 230 g/mol. The molecule has 1 aromatic rings. The molecule has 3 N–H and O–H groups in total. The Morgan fingerprint density at radius 1 is 1.33 bits per heavy atom. The largest absolute Gasteiger partial charge is 0.508 e. The molecule has 0 bridgehead atoms. The highest BCUT2D eigenvalue weighted by atomic mass is 16.3. The summed E-state index contributed by atoms with van der Waals surface area (Å²) < 4.78 is 0. The van der Waals surface area contributed by atoms with Crippen LogP contribution in [0.5, 0.6) is 5.75 Å². The third-order valence-corrected chi connectivity index (χ3v) is 3.19.